The van der Waals surface area contributed by atoms with Crippen molar-refractivity contribution in [3.8, 4) is 0 Å². The molecular formula is C49H82O14Sn. The second kappa shape index (κ2) is 21.7. The standard InChI is InChI=1S/C41H64O14.2C4H9.Sn/c1-19-36(47)28(42)15-34(50-19)54-38-21(3)52-35(17-30(38)44)55-37-20(2)51-33(16-29(37)43)53-24-8-10-39(4)23(13-24)6-7-26-27(39)14-31(45)40(5)25(9-11-41(26,40)48)22-12-32(46)49-18-22;2*1-3-4-2;/h12,19-21,23-31,33-38,42-45,47-48H,6-11,13-18H2,1-5H3;2*1,3-4H2,2H3;/t19-,20-,21-,23-,24+,25-,26-,27+,28+,29+,30+,31-,33+,34+,35+,36-,37-,38-,39+,40+,41+;;;/m1.../s1. The molecule has 4 saturated carbocycles. The molecule has 14 nitrogen and oxygen atoms in total. The molecule has 7 fully saturated rings. The maximum absolute atomic E-state index is 12.6. The van der Waals surface area contributed by atoms with Crippen LogP contribution in [-0.2, 0) is 38.0 Å². The number of carbonyl (C=O) groups is 1. The summed E-state index contributed by atoms with van der Waals surface area (Å²) >= 11 is 0.149. The minimum atomic E-state index is -1.01. The van der Waals surface area contributed by atoms with Gasteiger partial charge in [-0.2, -0.15) is 0 Å². The first kappa shape index (κ1) is 51.4. The topological polar surface area (TPSA) is 203 Å². The zero-order valence-corrected chi connectivity index (χ0v) is 42.5. The van der Waals surface area contributed by atoms with Crippen molar-refractivity contribution in [3.63, 3.8) is 0 Å². The fourth-order valence-electron chi connectivity index (χ4n) is 13.5. The van der Waals surface area contributed by atoms with Gasteiger partial charge in [0.15, 0.2) is 18.9 Å². The monoisotopic (exact) mass is 1010 g/mol. The molecule has 2 radical (unpaired) electrons. The third kappa shape index (κ3) is 10.5. The summed E-state index contributed by atoms with van der Waals surface area (Å²) in [4.78, 5) is 11.9. The van der Waals surface area contributed by atoms with E-state index in [9.17, 15) is 35.4 Å². The molecule has 0 bridgehead atoms. The molecule has 8 rings (SSSR count). The van der Waals surface area contributed by atoms with Gasteiger partial charge in [-0.05, 0) is 107 Å². The van der Waals surface area contributed by atoms with Crippen LogP contribution in [0.15, 0.2) is 11.6 Å². The van der Waals surface area contributed by atoms with E-state index in [4.69, 9.17) is 33.2 Å². The van der Waals surface area contributed by atoms with Gasteiger partial charge < -0.3 is 63.8 Å². The number of rotatable bonds is 13. The maximum atomic E-state index is 12.6. The third-order valence-corrected chi connectivity index (χ3v) is 21.4. The molecule has 0 unspecified atom stereocenters. The van der Waals surface area contributed by atoms with Crippen molar-refractivity contribution in [1.82, 2.24) is 0 Å². The van der Waals surface area contributed by atoms with Crippen LogP contribution in [-0.4, -0.2) is 156 Å². The van der Waals surface area contributed by atoms with Crippen LogP contribution >= 0.6 is 0 Å². The summed E-state index contributed by atoms with van der Waals surface area (Å²) in [5.41, 5.74) is -0.892. The summed E-state index contributed by atoms with van der Waals surface area (Å²) in [5, 5.41) is 66.9. The molecule has 15 heteroatoms. The maximum Gasteiger partial charge on any atom is 0.331 e. The Labute approximate surface area is 392 Å². The first-order chi connectivity index (χ1) is 30.4. The van der Waals surface area contributed by atoms with E-state index in [1.165, 1.54) is 25.7 Å². The van der Waals surface area contributed by atoms with E-state index >= 15 is 0 Å². The zero-order valence-electron chi connectivity index (χ0n) is 39.6. The molecule has 4 aliphatic carbocycles. The quantitative estimate of drug-likeness (QED) is 0.0597. The van der Waals surface area contributed by atoms with Gasteiger partial charge in [-0.3, -0.25) is 0 Å². The Morgan fingerprint density at radius 3 is 1.83 bits per heavy atom. The summed E-state index contributed by atoms with van der Waals surface area (Å²) in [7, 11) is 0. The number of hydrogen-bond acceptors (Lipinski definition) is 14. The Balaban J connectivity index is 0.000000616. The zero-order chi connectivity index (χ0) is 46.1. The SMILES string of the molecule is CCC[CH2][Sn][CH2]CCC.C[C@H]1O[C@@H](O[C@H]2[C@@H](O)C[C@H](O[C@H]3[C@@H](O)C[C@H](O[C@H]4CC[C@@]5(C)[C@H](CC[C@@H]6[C@@H]5C[C@@H](O)[C@]5(C)[C@@H](C7=CC(=O)OC7)CC[C@]65O)C4)O[C@@H]3C)O[C@@H]2C)C[C@H](O)[C@@H]1O. The van der Waals surface area contributed by atoms with E-state index in [2.05, 4.69) is 20.8 Å². The van der Waals surface area contributed by atoms with Gasteiger partial charge in [-0.25, -0.2) is 4.79 Å². The van der Waals surface area contributed by atoms with Crippen LogP contribution in [0.3, 0.4) is 0 Å². The van der Waals surface area contributed by atoms with E-state index < -0.39 is 90.9 Å². The average molecular weight is 1010 g/mol. The van der Waals surface area contributed by atoms with Crippen LogP contribution in [0.4, 0.5) is 0 Å². The van der Waals surface area contributed by atoms with Crippen LogP contribution < -0.4 is 0 Å². The number of ether oxygens (including phenoxy) is 7. The molecule has 0 aromatic rings. The molecule has 366 valence electrons. The first-order valence-electron chi connectivity index (χ1n) is 25.1. The fourth-order valence-corrected chi connectivity index (χ4v) is 17.6. The Hall–Kier alpha value is -0.471. The molecule has 4 heterocycles. The molecule has 8 aliphatic rings. The fraction of sp³-hybridized carbons (Fsp3) is 0.939. The Kier molecular flexibility index (Phi) is 17.4. The third-order valence-electron chi connectivity index (χ3n) is 17.4. The molecule has 4 aliphatic heterocycles. The first-order valence-corrected chi connectivity index (χ1v) is 29.1. The van der Waals surface area contributed by atoms with Crippen molar-refractivity contribution < 1.29 is 68.6 Å². The molecule has 0 amide bonds. The van der Waals surface area contributed by atoms with E-state index in [0.717, 1.165) is 44.1 Å². The van der Waals surface area contributed by atoms with E-state index in [1.54, 1.807) is 28.8 Å². The van der Waals surface area contributed by atoms with E-state index in [-0.39, 0.29) is 82.3 Å². The number of fused-ring (bicyclic) bond motifs is 5. The Bertz CT molecular complexity index is 1530. The Morgan fingerprint density at radius 2 is 1.28 bits per heavy atom. The summed E-state index contributed by atoms with van der Waals surface area (Å²) < 4.78 is 45.3. The van der Waals surface area contributed by atoms with Gasteiger partial charge in [0.2, 0.25) is 0 Å². The number of cyclic esters (lactones) is 1. The number of esters is 1. The van der Waals surface area contributed by atoms with Gasteiger partial charge in [0.25, 0.3) is 0 Å². The van der Waals surface area contributed by atoms with Crippen LogP contribution in [0.2, 0.25) is 8.87 Å². The molecule has 6 N–H and O–H groups in total. The Morgan fingerprint density at radius 1 is 0.703 bits per heavy atom. The normalized spacial score (nSPS) is 49.1. The molecule has 0 aromatic carbocycles. The van der Waals surface area contributed by atoms with Crippen molar-refractivity contribution in [2.75, 3.05) is 6.61 Å². The smallest absolute Gasteiger partial charge is 0.331 e. The molecule has 64 heavy (non-hydrogen) atoms. The predicted octanol–water partition coefficient (Wildman–Crippen LogP) is 5.35. The van der Waals surface area contributed by atoms with Crippen LogP contribution in [0, 0.1) is 34.5 Å². The van der Waals surface area contributed by atoms with Gasteiger partial charge >= 0.3 is 75.5 Å². The van der Waals surface area contributed by atoms with Crippen molar-refractivity contribution in [3.05, 3.63) is 11.6 Å². The summed E-state index contributed by atoms with van der Waals surface area (Å²) in [6, 6.07) is 0. The number of hydrogen-bond donors (Lipinski definition) is 6. The predicted molar refractivity (Wildman–Crippen MR) is 238 cm³/mol. The molecular weight excluding hydrogens is 931 g/mol. The summed E-state index contributed by atoms with van der Waals surface area (Å²) in [6.45, 7) is 14.5. The average Bonchev–Trinajstić information content (AvgIpc) is 3.80. The largest absolute Gasteiger partial charge is 0.458 e. The van der Waals surface area contributed by atoms with Gasteiger partial charge in [0.05, 0.1) is 54.4 Å². The van der Waals surface area contributed by atoms with Gasteiger partial charge in [-0.1, -0.05) is 13.8 Å². The number of carbonyl (C=O) groups excluding carboxylic acids is 1. The minimum absolute atomic E-state index is 0.0452. The van der Waals surface area contributed by atoms with Crippen molar-refractivity contribution in [2.24, 2.45) is 34.5 Å². The van der Waals surface area contributed by atoms with Crippen molar-refractivity contribution in [2.45, 2.75) is 245 Å². The van der Waals surface area contributed by atoms with E-state index in [1.807, 2.05) is 13.8 Å². The second-order valence-corrected chi connectivity index (χ2v) is 25.6. The number of unbranched alkanes of at least 4 members (excludes halogenated alkanes) is 2. The van der Waals surface area contributed by atoms with Crippen molar-refractivity contribution >= 4 is 27.1 Å². The van der Waals surface area contributed by atoms with Gasteiger partial charge in [0, 0.05) is 30.8 Å². The molecule has 3 saturated heterocycles. The van der Waals surface area contributed by atoms with Crippen LogP contribution in [0.25, 0.3) is 0 Å². The number of aliphatic hydroxyl groups excluding tert-OH is 5. The van der Waals surface area contributed by atoms with Gasteiger partial charge in [0.1, 0.15) is 24.9 Å². The summed E-state index contributed by atoms with van der Waals surface area (Å²) in [6.07, 6.45) is 4.33. The molecule has 0 spiro atoms. The van der Waals surface area contributed by atoms with Crippen LogP contribution in [0.5, 0.6) is 0 Å². The summed E-state index contributed by atoms with van der Waals surface area (Å²) in [5.74, 6) is 0.204. The van der Waals surface area contributed by atoms with Crippen LogP contribution in [0.1, 0.15) is 145 Å². The minimum Gasteiger partial charge on any atom is -0.458 e. The number of aliphatic hydroxyl groups is 6. The molecule has 21 atom stereocenters. The second-order valence-electron chi connectivity index (χ2n) is 21.3. The van der Waals surface area contributed by atoms with Gasteiger partial charge in [-0.15, -0.1) is 0 Å². The van der Waals surface area contributed by atoms with Crippen molar-refractivity contribution in [1.29, 1.82) is 0 Å². The molecule has 0 aromatic heterocycles. The van der Waals surface area contributed by atoms with E-state index in [0.29, 0.717) is 18.8 Å².